The first-order valence-electron chi connectivity index (χ1n) is 2.95. The molecule has 0 aliphatic carbocycles. The van der Waals surface area contributed by atoms with Gasteiger partial charge in [-0.3, -0.25) is 0 Å². The first-order valence-corrected chi connectivity index (χ1v) is 2.95. The van der Waals surface area contributed by atoms with Gasteiger partial charge in [0, 0.05) is 7.11 Å². The molecule has 0 bridgehead atoms. The smallest absolute Gasteiger partial charge is 0.346 e. The Morgan fingerprint density at radius 1 is 1.73 bits per heavy atom. The van der Waals surface area contributed by atoms with E-state index in [2.05, 4.69) is 4.74 Å². The summed E-state index contributed by atoms with van der Waals surface area (Å²) in [5.41, 5.74) is 0.189. The lowest BCUT2D eigenvalue weighted by molar-refractivity contribution is -0.132. The zero-order chi connectivity index (χ0) is 8.85. The van der Waals surface area contributed by atoms with E-state index in [0.29, 0.717) is 5.57 Å². The van der Waals surface area contributed by atoms with Crippen molar-refractivity contribution in [1.29, 1.82) is 5.26 Å². The molecule has 0 spiro atoms. The average molecular weight is 155 g/mol. The van der Waals surface area contributed by atoms with Gasteiger partial charge in [0.2, 0.25) is 0 Å². The van der Waals surface area contributed by atoms with Crippen LogP contribution in [-0.2, 0) is 9.53 Å². The molecule has 0 saturated heterocycles. The standard InChI is InChI=1S/C7H9NO3/c1-5(4-11-2)6(3-8)7(9)10/h4H2,1-2H3,(H,9,10)/b6-5-. The van der Waals surface area contributed by atoms with Crippen LogP contribution >= 0.6 is 0 Å². The zero-order valence-corrected chi connectivity index (χ0v) is 6.42. The second kappa shape index (κ2) is 4.47. The Labute approximate surface area is 64.7 Å². The molecule has 1 N–H and O–H groups in total. The van der Waals surface area contributed by atoms with Gasteiger partial charge in [-0.25, -0.2) is 4.79 Å². The minimum absolute atomic E-state index is 0.176. The van der Waals surface area contributed by atoms with E-state index in [0.717, 1.165) is 0 Å². The van der Waals surface area contributed by atoms with Crippen LogP contribution in [0.4, 0.5) is 0 Å². The van der Waals surface area contributed by atoms with Gasteiger partial charge in [-0.1, -0.05) is 0 Å². The van der Waals surface area contributed by atoms with Gasteiger partial charge in [-0.15, -0.1) is 0 Å². The fraction of sp³-hybridized carbons (Fsp3) is 0.429. The molecule has 0 fully saturated rings. The van der Waals surface area contributed by atoms with Gasteiger partial charge in [0.1, 0.15) is 11.6 Å². The molecule has 0 heterocycles. The minimum atomic E-state index is -1.21. The van der Waals surface area contributed by atoms with Crippen molar-refractivity contribution in [1.82, 2.24) is 0 Å². The number of ether oxygens (including phenoxy) is 1. The van der Waals surface area contributed by atoms with E-state index in [1.54, 1.807) is 13.0 Å². The molecule has 11 heavy (non-hydrogen) atoms. The summed E-state index contributed by atoms with van der Waals surface area (Å²) < 4.78 is 4.66. The summed E-state index contributed by atoms with van der Waals surface area (Å²) >= 11 is 0. The summed E-state index contributed by atoms with van der Waals surface area (Å²) in [4.78, 5) is 10.3. The van der Waals surface area contributed by atoms with Crippen LogP contribution in [0.2, 0.25) is 0 Å². The molecule has 4 heteroatoms. The molecule has 0 aromatic heterocycles. The quantitative estimate of drug-likeness (QED) is 0.477. The highest BCUT2D eigenvalue weighted by molar-refractivity contribution is 5.91. The third-order valence-corrected chi connectivity index (χ3v) is 1.11. The van der Waals surface area contributed by atoms with Crippen LogP contribution in [0.15, 0.2) is 11.1 Å². The van der Waals surface area contributed by atoms with E-state index in [-0.39, 0.29) is 12.2 Å². The summed E-state index contributed by atoms with van der Waals surface area (Å²) in [6, 6.07) is 1.59. The summed E-state index contributed by atoms with van der Waals surface area (Å²) in [5.74, 6) is -1.21. The van der Waals surface area contributed by atoms with Crippen LogP contribution < -0.4 is 0 Å². The largest absolute Gasteiger partial charge is 0.477 e. The molecule has 0 aliphatic heterocycles. The molecule has 0 rings (SSSR count). The molecule has 0 amide bonds. The van der Waals surface area contributed by atoms with Crippen LogP contribution in [0.3, 0.4) is 0 Å². The molecular weight excluding hydrogens is 146 g/mol. The maximum atomic E-state index is 10.3. The van der Waals surface area contributed by atoms with Crippen molar-refractivity contribution in [2.75, 3.05) is 13.7 Å². The first kappa shape index (κ1) is 9.66. The number of carbonyl (C=O) groups is 1. The Bertz CT molecular complexity index is 224. The van der Waals surface area contributed by atoms with Gasteiger partial charge in [-0.05, 0) is 12.5 Å². The van der Waals surface area contributed by atoms with Crippen LogP contribution in [0, 0.1) is 11.3 Å². The maximum absolute atomic E-state index is 10.3. The van der Waals surface area contributed by atoms with E-state index < -0.39 is 5.97 Å². The van der Waals surface area contributed by atoms with E-state index in [9.17, 15) is 4.79 Å². The molecule has 0 aromatic carbocycles. The topological polar surface area (TPSA) is 70.3 Å². The average Bonchev–Trinajstić information content (AvgIpc) is 1.88. The Balaban J connectivity index is 4.58. The molecule has 0 saturated carbocycles. The normalized spacial score (nSPS) is 11.7. The van der Waals surface area contributed by atoms with E-state index in [1.165, 1.54) is 7.11 Å². The van der Waals surface area contributed by atoms with Crippen molar-refractivity contribution >= 4 is 5.97 Å². The van der Waals surface area contributed by atoms with Crippen LogP contribution in [0.25, 0.3) is 0 Å². The number of hydrogen-bond acceptors (Lipinski definition) is 3. The zero-order valence-electron chi connectivity index (χ0n) is 6.42. The predicted octanol–water partition coefficient (Wildman–Crippen LogP) is 0.557. The Kier molecular flexibility index (Phi) is 3.93. The van der Waals surface area contributed by atoms with Crippen molar-refractivity contribution in [3.8, 4) is 6.07 Å². The Morgan fingerprint density at radius 2 is 2.27 bits per heavy atom. The van der Waals surface area contributed by atoms with Gasteiger partial charge in [0.25, 0.3) is 0 Å². The molecule has 0 aromatic rings. The van der Waals surface area contributed by atoms with Gasteiger partial charge in [0.05, 0.1) is 6.61 Å². The summed E-state index contributed by atoms with van der Waals surface area (Å²) in [7, 11) is 1.44. The SMILES string of the molecule is COC/C(C)=C(/C#N)C(=O)O. The lowest BCUT2D eigenvalue weighted by Gasteiger charge is -1.98. The number of methoxy groups -OCH3 is 1. The second-order valence-corrected chi connectivity index (χ2v) is 2.01. The van der Waals surface area contributed by atoms with Gasteiger partial charge >= 0.3 is 5.97 Å². The molecule has 0 aliphatic rings. The predicted molar refractivity (Wildman–Crippen MR) is 37.8 cm³/mol. The van der Waals surface area contributed by atoms with Gasteiger partial charge < -0.3 is 9.84 Å². The lowest BCUT2D eigenvalue weighted by atomic mass is 10.1. The van der Waals surface area contributed by atoms with E-state index in [1.807, 2.05) is 0 Å². The van der Waals surface area contributed by atoms with Crippen LogP contribution in [-0.4, -0.2) is 24.8 Å². The van der Waals surface area contributed by atoms with Gasteiger partial charge in [0.15, 0.2) is 0 Å². The molecule has 4 nitrogen and oxygen atoms in total. The lowest BCUT2D eigenvalue weighted by Crippen LogP contribution is -2.04. The first-order chi connectivity index (χ1) is 5.13. The number of carboxylic acid groups (broad SMARTS) is 1. The third kappa shape index (κ3) is 2.83. The van der Waals surface area contributed by atoms with Gasteiger partial charge in [-0.2, -0.15) is 5.26 Å². The summed E-state index contributed by atoms with van der Waals surface area (Å²) in [6.45, 7) is 1.73. The molecule has 0 radical (unpaired) electrons. The highest BCUT2D eigenvalue weighted by Crippen LogP contribution is 2.02. The summed E-state index contributed by atoms with van der Waals surface area (Å²) in [5, 5.41) is 16.8. The van der Waals surface area contributed by atoms with Crippen molar-refractivity contribution < 1.29 is 14.6 Å². The van der Waals surface area contributed by atoms with Crippen molar-refractivity contribution in [2.24, 2.45) is 0 Å². The van der Waals surface area contributed by atoms with Crippen LogP contribution in [0.1, 0.15) is 6.92 Å². The van der Waals surface area contributed by atoms with Crippen molar-refractivity contribution in [3.05, 3.63) is 11.1 Å². The Hall–Kier alpha value is -1.34. The van der Waals surface area contributed by atoms with Crippen molar-refractivity contribution in [3.63, 3.8) is 0 Å². The number of hydrogen-bond donors (Lipinski definition) is 1. The summed E-state index contributed by atoms with van der Waals surface area (Å²) in [6.07, 6.45) is 0. The van der Waals surface area contributed by atoms with E-state index >= 15 is 0 Å². The monoisotopic (exact) mass is 155 g/mol. The van der Waals surface area contributed by atoms with Crippen molar-refractivity contribution in [2.45, 2.75) is 6.92 Å². The fourth-order valence-corrected chi connectivity index (χ4v) is 0.614. The third-order valence-electron chi connectivity index (χ3n) is 1.11. The fourth-order valence-electron chi connectivity index (χ4n) is 0.614. The minimum Gasteiger partial charge on any atom is -0.477 e. The molecule has 0 unspecified atom stereocenters. The second-order valence-electron chi connectivity index (χ2n) is 2.01. The van der Waals surface area contributed by atoms with E-state index in [4.69, 9.17) is 10.4 Å². The highest BCUT2D eigenvalue weighted by Gasteiger charge is 2.09. The molecule has 60 valence electrons. The number of carboxylic acids is 1. The number of nitriles is 1. The molecule has 0 atom stereocenters. The van der Waals surface area contributed by atoms with Crippen LogP contribution in [0.5, 0.6) is 0 Å². The number of nitrogens with zero attached hydrogens (tertiary/aromatic N) is 1. The molecular formula is C7H9NO3. The Morgan fingerprint density at radius 3 is 2.55 bits per heavy atom. The number of rotatable bonds is 3. The number of aliphatic carboxylic acids is 1. The maximum Gasteiger partial charge on any atom is 0.346 e. The highest BCUT2D eigenvalue weighted by atomic mass is 16.5.